The van der Waals surface area contributed by atoms with E-state index in [2.05, 4.69) is 37.1 Å². The second kappa shape index (κ2) is 8.16. The maximum atomic E-state index is 10.9. The van der Waals surface area contributed by atoms with Gasteiger partial charge in [-0.05, 0) is 43.4 Å². The molecule has 0 saturated heterocycles. The first kappa shape index (κ1) is 22.9. The van der Waals surface area contributed by atoms with Gasteiger partial charge in [0.15, 0.2) is 0 Å². The summed E-state index contributed by atoms with van der Waals surface area (Å²) in [5.41, 5.74) is 2.07. The fourth-order valence-corrected chi connectivity index (χ4v) is 5.71. The van der Waals surface area contributed by atoms with Crippen molar-refractivity contribution in [3.05, 3.63) is 35.4 Å². The van der Waals surface area contributed by atoms with E-state index in [-0.39, 0.29) is 35.0 Å². The molecule has 1 aromatic rings. The quantitative estimate of drug-likeness (QED) is 0.206. The second-order valence-electron chi connectivity index (χ2n) is 7.97. The molecule has 0 aliphatic heterocycles. The zero-order valence-electron chi connectivity index (χ0n) is 15.8. The van der Waals surface area contributed by atoms with Crippen LogP contribution >= 0.6 is 0 Å². The Kier molecular flexibility index (Phi) is 6.92. The minimum absolute atomic E-state index is 0. The van der Waals surface area contributed by atoms with E-state index < -0.39 is 16.0 Å². The Bertz CT molecular complexity index is 825. The smallest absolute Gasteiger partial charge is 0.726 e. The normalized spacial score (nSPS) is 36.6. The molecule has 27 heavy (non-hydrogen) atoms. The summed E-state index contributed by atoms with van der Waals surface area (Å²) < 4.78 is 32.8. The van der Waals surface area contributed by atoms with Crippen molar-refractivity contribution in [3.8, 4) is 12.3 Å². The van der Waals surface area contributed by atoms with Crippen LogP contribution in [-0.4, -0.2) is 28.2 Å². The fourth-order valence-electron chi connectivity index (χ4n) is 5.71. The largest absolute Gasteiger partial charge is 1.00 e. The Morgan fingerprint density at radius 1 is 1.33 bits per heavy atom. The van der Waals surface area contributed by atoms with Crippen LogP contribution in [0.2, 0.25) is 0 Å². The molecule has 0 spiro atoms. The van der Waals surface area contributed by atoms with Crippen LogP contribution in [0, 0.1) is 35.7 Å². The molecule has 2 saturated carbocycles. The predicted molar refractivity (Wildman–Crippen MR) is 96.0 cm³/mol. The summed E-state index contributed by atoms with van der Waals surface area (Å²) in [7, 11) is -4.92. The van der Waals surface area contributed by atoms with E-state index in [4.69, 9.17) is 23.9 Å². The molecule has 4 rings (SSSR count). The van der Waals surface area contributed by atoms with Crippen LogP contribution in [0.3, 0.4) is 0 Å². The number of hydrogen-bond donors (Lipinski definition) is 2. The molecule has 3 aliphatic carbocycles. The summed E-state index contributed by atoms with van der Waals surface area (Å²) in [5.74, 6) is 4.69. The van der Waals surface area contributed by atoms with Gasteiger partial charge in [0, 0.05) is 5.41 Å². The molecule has 0 bridgehead atoms. The molecule has 5 atom stereocenters. The molecule has 0 heterocycles. The van der Waals surface area contributed by atoms with Crippen LogP contribution in [0.4, 0.5) is 0 Å². The van der Waals surface area contributed by atoms with Gasteiger partial charge < -0.3 is 9.66 Å². The van der Waals surface area contributed by atoms with E-state index >= 15 is 0 Å². The predicted octanol–water partition coefficient (Wildman–Crippen LogP) is -0.284. The molecule has 0 radical (unpaired) electrons. The van der Waals surface area contributed by atoms with E-state index in [9.17, 15) is 5.11 Å². The Balaban J connectivity index is 0.000000390. The van der Waals surface area contributed by atoms with Gasteiger partial charge in [-0.1, -0.05) is 25.7 Å². The van der Waals surface area contributed by atoms with Gasteiger partial charge in [-0.15, -0.1) is 6.42 Å². The third kappa shape index (κ3) is 4.30. The number of fused-ring (bicyclic) bond motifs is 5. The van der Waals surface area contributed by atoms with Gasteiger partial charge in [0.2, 0.25) is 10.4 Å². The van der Waals surface area contributed by atoms with Crippen LogP contribution < -0.4 is 29.6 Å². The number of terminal acetylenes is 1. The van der Waals surface area contributed by atoms with Crippen molar-refractivity contribution in [2.45, 2.75) is 57.0 Å². The van der Waals surface area contributed by atoms with Gasteiger partial charge in [-0.2, -0.15) is 35.4 Å². The van der Waals surface area contributed by atoms with Crippen molar-refractivity contribution in [2.75, 3.05) is 0 Å². The Morgan fingerprint density at radius 3 is 2.63 bits per heavy atom. The van der Waals surface area contributed by atoms with E-state index in [0.29, 0.717) is 17.8 Å². The van der Waals surface area contributed by atoms with Gasteiger partial charge in [-0.3, -0.25) is 4.55 Å². The summed E-state index contributed by atoms with van der Waals surface area (Å²) >= 11 is 0. The molecule has 2 N–H and O–H groups in total. The summed E-state index contributed by atoms with van der Waals surface area (Å²) in [5, 5.41) is 10.9. The Hall–Kier alpha value is -0.390. The maximum Gasteiger partial charge on any atom is 1.00 e. The van der Waals surface area contributed by atoms with E-state index in [0.717, 1.165) is 25.7 Å². The second-order valence-corrected chi connectivity index (χ2v) is 8.82. The third-order valence-electron chi connectivity index (χ3n) is 6.96. The number of hydrogen-bond acceptors (Lipinski definition) is 4. The molecule has 2 fully saturated rings. The van der Waals surface area contributed by atoms with Crippen molar-refractivity contribution in [2.24, 2.45) is 17.3 Å². The first-order chi connectivity index (χ1) is 12.1. The Labute approximate surface area is 183 Å². The monoisotopic (exact) mass is 399 g/mol. The van der Waals surface area contributed by atoms with Crippen molar-refractivity contribution >= 4 is 10.4 Å². The number of aryl methyl sites for hydroxylation is 1. The summed E-state index contributed by atoms with van der Waals surface area (Å²) in [4.78, 5) is 0. The minimum atomic E-state index is -4.92. The van der Waals surface area contributed by atoms with Gasteiger partial charge in [0.1, 0.15) is 5.60 Å². The maximum absolute atomic E-state index is 10.9. The zero-order valence-corrected chi connectivity index (χ0v) is 18.6. The van der Waals surface area contributed by atoms with Gasteiger partial charge in [0.05, 0.1) is 0 Å². The first-order valence-electron chi connectivity index (χ1n) is 8.96. The van der Waals surface area contributed by atoms with Crippen LogP contribution in [0.15, 0.2) is 18.2 Å². The molecule has 3 aliphatic rings. The molecule has 1 aromatic carbocycles. The molecule has 5 nitrogen and oxygen atoms in total. The Morgan fingerprint density at radius 2 is 2.00 bits per heavy atom. The van der Waals surface area contributed by atoms with Crippen molar-refractivity contribution < 1.29 is 52.2 Å². The van der Waals surface area contributed by atoms with E-state index in [1.165, 1.54) is 18.4 Å². The fraction of sp³-hybridized carbons (Fsp3) is 0.600. The van der Waals surface area contributed by atoms with Crippen LogP contribution in [-0.2, 0) is 16.8 Å². The van der Waals surface area contributed by atoms with Gasteiger partial charge >= 0.3 is 29.6 Å². The average molecular weight is 399 g/mol. The molecule has 3 unspecified atom stereocenters. The standard InChI is InChI=1S/C20H23O.Na.H2O4S/c1-3-20(21)13-11-18-17-9-8-14-6-4-5-7-15(14)16(17)10-12-19(18,20)2;;1-5(2,3)4/h1,5-7,16-18,21H,8-13H2,2H3;;(H2,1,2,3,4)/q-1;+1;/p-1/t16?,17?,18?,19-,20-;;/m0../s1. The SMILES string of the molecule is C#C[C@]1(O)CCC2C3CCc4c[c-]ccc4C3CC[C@@]21C.O=S(=O)([O-])O.[Na+]. The minimum Gasteiger partial charge on any atom is -0.726 e. The number of aliphatic hydroxyl groups is 1. The number of benzene rings is 1. The van der Waals surface area contributed by atoms with Crippen molar-refractivity contribution in [1.29, 1.82) is 0 Å². The molecule has 7 heteroatoms. The zero-order chi connectivity index (χ0) is 19.2. The topological polar surface area (TPSA) is 97.7 Å². The van der Waals surface area contributed by atoms with Crippen LogP contribution in [0.5, 0.6) is 0 Å². The summed E-state index contributed by atoms with van der Waals surface area (Å²) in [6.45, 7) is 2.25. The van der Waals surface area contributed by atoms with Gasteiger partial charge in [-0.25, -0.2) is 8.42 Å². The van der Waals surface area contributed by atoms with Crippen LogP contribution in [0.25, 0.3) is 0 Å². The molecular weight excluding hydrogens is 375 g/mol. The average Bonchev–Trinajstić information content (AvgIpc) is 2.85. The van der Waals surface area contributed by atoms with Crippen molar-refractivity contribution in [3.63, 3.8) is 0 Å². The molecule has 0 amide bonds. The van der Waals surface area contributed by atoms with Crippen molar-refractivity contribution in [1.82, 2.24) is 0 Å². The molecule has 142 valence electrons. The van der Waals surface area contributed by atoms with E-state index in [1.54, 1.807) is 5.56 Å². The summed E-state index contributed by atoms with van der Waals surface area (Å²) in [6, 6.07) is 9.73. The van der Waals surface area contributed by atoms with Crippen LogP contribution in [0.1, 0.15) is 56.1 Å². The molecule has 0 aromatic heterocycles. The third-order valence-corrected chi connectivity index (χ3v) is 6.96. The summed E-state index contributed by atoms with van der Waals surface area (Å²) in [6.07, 6.45) is 12.2. The number of rotatable bonds is 0. The van der Waals surface area contributed by atoms with E-state index in [1.807, 2.05) is 0 Å². The van der Waals surface area contributed by atoms with Gasteiger partial charge in [0.25, 0.3) is 0 Å². The molecular formula is C20H24NaO5S-. The first-order valence-corrected chi connectivity index (χ1v) is 10.3.